The van der Waals surface area contributed by atoms with E-state index in [2.05, 4.69) is 16.0 Å². The van der Waals surface area contributed by atoms with Crippen LogP contribution in [0.3, 0.4) is 0 Å². The summed E-state index contributed by atoms with van der Waals surface area (Å²) >= 11 is 0. The fourth-order valence-electron chi connectivity index (χ4n) is 4.97. The SMILES string of the molecule is O=C1CCC(N2C(=O)c3cccc(CNC4CCCNC45CC5)c3C2=O)C(=O)N1. The highest BCUT2D eigenvalue weighted by molar-refractivity contribution is 6.24. The fraction of sp³-hybridized carbons (Fsp3) is 0.524. The van der Waals surface area contributed by atoms with E-state index in [1.54, 1.807) is 12.1 Å². The van der Waals surface area contributed by atoms with Gasteiger partial charge in [0.1, 0.15) is 6.04 Å². The predicted octanol–water partition coefficient (Wildman–Crippen LogP) is 0.462. The highest BCUT2D eigenvalue weighted by Gasteiger charge is 2.50. The minimum absolute atomic E-state index is 0.120. The van der Waals surface area contributed by atoms with Crippen LogP contribution in [-0.4, -0.2) is 52.7 Å². The molecule has 8 heteroatoms. The lowest BCUT2D eigenvalue weighted by atomic mass is 9.95. The monoisotopic (exact) mass is 396 g/mol. The van der Waals surface area contributed by atoms with Crippen molar-refractivity contribution in [2.75, 3.05) is 6.54 Å². The van der Waals surface area contributed by atoms with Gasteiger partial charge in [-0.15, -0.1) is 0 Å². The van der Waals surface area contributed by atoms with Crippen molar-refractivity contribution in [1.29, 1.82) is 0 Å². The number of rotatable bonds is 4. The molecule has 3 N–H and O–H groups in total. The van der Waals surface area contributed by atoms with E-state index in [1.807, 2.05) is 6.07 Å². The van der Waals surface area contributed by atoms with E-state index in [0.717, 1.165) is 42.7 Å². The molecule has 4 aliphatic rings. The molecule has 3 heterocycles. The van der Waals surface area contributed by atoms with E-state index in [4.69, 9.17) is 0 Å². The van der Waals surface area contributed by atoms with E-state index in [0.29, 0.717) is 23.7 Å². The molecule has 2 unspecified atom stereocenters. The van der Waals surface area contributed by atoms with Gasteiger partial charge in [0.25, 0.3) is 11.8 Å². The maximum Gasteiger partial charge on any atom is 0.262 e. The maximum atomic E-state index is 13.1. The van der Waals surface area contributed by atoms with Crippen molar-refractivity contribution in [2.45, 2.75) is 62.7 Å². The molecule has 152 valence electrons. The number of piperidine rings is 2. The summed E-state index contributed by atoms with van der Waals surface area (Å²) in [7, 11) is 0. The number of nitrogens with zero attached hydrogens (tertiary/aromatic N) is 1. The fourth-order valence-corrected chi connectivity index (χ4v) is 4.97. The lowest BCUT2D eigenvalue weighted by Crippen LogP contribution is -2.54. The second-order valence-corrected chi connectivity index (χ2v) is 8.45. The Labute approximate surface area is 168 Å². The molecule has 0 aromatic heterocycles. The lowest BCUT2D eigenvalue weighted by molar-refractivity contribution is -0.136. The minimum atomic E-state index is -0.932. The van der Waals surface area contributed by atoms with Gasteiger partial charge in [-0.1, -0.05) is 12.1 Å². The molecule has 29 heavy (non-hydrogen) atoms. The summed E-state index contributed by atoms with van der Waals surface area (Å²) in [5.41, 5.74) is 1.68. The number of hydrogen-bond acceptors (Lipinski definition) is 6. The van der Waals surface area contributed by atoms with E-state index in [9.17, 15) is 19.2 Å². The number of amides is 4. The van der Waals surface area contributed by atoms with Crippen molar-refractivity contribution in [3.63, 3.8) is 0 Å². The van der Waals surface area contributed by atoms with Crippen LogP contribution in [0.5, 0.6) is 0 Å². The van der Waals surface area contributed by atoms with Crippen molar-refractivity contribution in [3.8, 4) is 0 Å². The molecule has 1 aromatic rings. The van der Waals surface area contributed by atoms with E-state index < -0.39 is 23.8 Å². The van der Waals surface area contributed by atoms with Crippen molar-refractivity contribution in [3.05, 3.63) is 34.9 Å². The quantitative estimate of drug-likeness (QED) is 0.639. The highest BCUT2D eigenvalue weighted by Crippen LogP contribution is 2.42. The number of fused-ring (bicyclic) bond motifs is 1. The Hall–Kier alpha value is -2.58. The zero-order chi connectivity index (χ0) is 20.2. The first kappa shape index (κ1) is 18.4. The smallest absolute Gasteiger partial charge is 0.262 e. The number of hydrogen-bond donors (Lipinski definition) is 3. The summed E-state index contributed by atoms with van der Waals surface area (Å²) in [4.78, 5) is 50.7. The summed E-state index contributed by atoms with van der Waals surface area (Å²) in [5.74, 6) is -1.86. The summed E-state index contributed by atoms with van der Waals surface area (Å²) in [6, 6.07) is 4.70. The van der Waals surface area contributed by atoms with Gasteiger partial charge in [-0.25, -0.2) is 0 Å². The van der Waals surface area contributed by atoms with E-state index in [-0.39, 0.29) is 24.3 Å². The molecule has 0 radical (unpaired) electrons. The Balaban J connectivity index is 1.37. The van der Waals surface area contributed by atoms with Gasteiger partial charge in [-0.05, 0) is 50.3 Å². The zero-order valence-electron chi connectivity index (χ0n) is 16.1. The number of carbonyl (C=O) groups is 4. The van der Waals surface area contributed by atoms with Crippen LogP contribution in [0.15, 0.2) is 18.2 Å². The molecule has 1 aromatic carbocycles. The molecule has 2 atom stereocenters. The van der Waals surface area contributed by atoms with Gasteiger partial charge >= 0.3 is 0 Å². The van der Waals surface area contributed by atoms with Crippen molar-refractivity contribution >= 4 is 23.6 Å². The molecule has 5 rings (SSSR count). The predicted molar refractivity (Wildman–Crippen MR) is 103 cm³/mol. The lowest BCUT2D eigenvalue weighted by Gasteiger charge is -2.34. The first-order chi connectivity index (χ1) is 14.0. The minimum Gasteiger partial charge on any atom is -0.310 e. The Morgan fingerprint density at radius 3 is 2.69 bits per heavy atom. The van der Waals surface area contributed by atoms with Gasteiger partial charge < -0.3 is 10.6 Å². The average Bonchev–Trinajstić information content (AvgIpc) is 3.43. The zero-order valence-corrected chi connectivity index (χ0v) is 16.1. The van der Waals surface area contributed by atoms with Crippen LogP contribution < -0.4 is 16.0 Å². The van der Waals surface area contributed by atoms with Gasteiger partial charge in [0.2, 0.25) is 11.8 Å². The van der Waals surface area contributed by atoms with Gasteiger partial charge in [0.15, 0.2) is 0 Å². The van der Waals surface area contributed by atoms with Crippen LogP contribution in [-0.2, 0) is 16.1 Å². The van der Waals surface area contributed by atoms with Gasteiger partial charge in [0.05, 0.1) is 11.1 Å². The highest BCUT2D eigenvalue weighted by atomic mass is 16.2. The van der Waals surface area contributed by atoms with Crippen LogP contribution in [0, 0.1) is 0 Å². The molecule has 1 spiro atoms. The topological polar surface area (TPSA) is 108 Å². The first-order valence-corrected chi connectivity index (χ1v) is 10.3. The van der Waals surface area contributed by atoms with Crippen molar-refractivity contribution < 1.29 is 19.2 Å². The molecular formula is C21H24N4O4. The molecule has 0 bridgehead atoms. The molecule has 2 saturated heterocycles. The maximum absolute atomic E-state index is 13.1. The van der Waals surface area contributed by atoms with Crippen molar-refractivity contribution in [2.24, 2.45) is 0 Å². The third-order valence-corrected chi connectivity index (χ3v) is 6.70. The molecule has 4 amide bonds. The Kier molecular flexibility index (Phi) is 4.29. The van der Waals surface area contributed by atoms with Crippen molar-refractivity contribution in [1.82, 2.24) is 20.9 Å². The van der Waals surface area contributed by atoms with Crippen LogP contribution in [0.1, 0.15) is 64.8 Å². The molecule has 1 aliphatic carbocycles. The summed E-state index contributed by atoms with van der Waals surface area (Å²) in [6.07, 6.45) is 4.83. The largest absolute Gasteiger partial charge is 0.310 e. The molecule has 8 nitrogen and oxygen atoms in total. The summed E-state index contributed by atoms with van der Waals surface area (Å²) < 4.78 is 0. The second kappa shape index (κ2) is 6.74. The van der Waals surface area contributed by atoms with Gasteiger partial charge in [-0.3, -0.25) is 29.4 Å². The number of nitrogens with one attached hydrogen (secondary N) is 3. The number of imide groups is 2. The number of carbonyl (C=O) groups excluding carboxylic acids is 4. The Morgan fingerprint density at radius 1 is 1.10 bits per heavy atom. The third kappa shape index (κ3) is 2.98. The third-order valence-electron chi connectivity index (χ3n) is 6.70. The van der Waals surface area contributed by atoms with Crippen LogP contribution >= 0.6 is 0 Å². The normalized spacial score (nSPS) is 27.9. The first-order valence-electron chi connectivity index (χ1n) is 10.3. The molecule has 3 fully saturated rings. The Morgan fingerprint density at radius 2 is 1.93 bits per heavy atom. The average molecular weight is 396 g/mol. The van der Waals surface area contributed by atoms with Gasteiger partial charge in [0, 0.05) is 24.5 Å². The van der Waals surface area contributed by atoms with E-state index in [1.165, 1.54) is 0 Å². The van der Waals surface area contributed by atoms with Crippen LogP contribution in [0.25, 0.3) is 0 Å². The molecule has 3 aliphatic heterocycles. The second-order valence-electron chi connectivity index (χ2n) is 8.45. The summed E-state index contributed by atoms with van der Waals surface area (Å²) in [6.45, 7) is 1.55. The number of benzene rings is 1. The van der Waals surface area contributed by atoms with Gasteiger partial charge in [-0.2, -0.15) is 0 Å². The molecule has 1 saturated carbocycles. The van der Waals surface area contributed by atoms with Crippen LogP contribution in [0.4, 0.5) is 0 Å². The molecular weight excluding hydrogens is 372 g/mol. The Bertz CT molecular complexity index is 923. The van der Waals surface area contributed by atoms with Crippen LogP contribution in [0.2, 0.25) is 0 Å². The summed E-state index contributed by atoms with van der Waals surface area (Å²) in [5, 5.41) is 9.44. The standard InChI is InChI=1S/C21H24N4O4/c26-16-7-6-14(18(27)24-16)25-19(28)13-4-1-3-12(17(13)20(25)29)11-22-15-5-2-10-23-21(15)8-9-21/h1,3-4,14-15,22-23H,2,5-11H2,(H,24,26,27). The van der Waals surface area contributed by atoms with E-state index >= 15 is 0 Å².